The lowest BCUT2D eigenvalue weighted by atomic mass is 10.1. The van der Waals surface area contributed by atoms with Crippen LogP contribution in [-0.2, 0) is 16.9 Å². The second-order valence-corrected chi connectivity index (χ2v) is 8.93. The van der Waals surface area contributed by atoms with Gasteiger partial charge in [0, 0.05) is 18.5 Å². The molecule has 24 heavy (non-hydrogen) atoms. The van der Waals surface area contributed by atoms with E-state index in [0.29, 0.717) is 23.0 Å². The average molecular weight is 367 g/mol. The molecular formula is C15H17N3O4S2. The Hall–Kier alpha value is -1.87. The summed E-state index contributed by atoms with van der Waals surface area (Å²) in [5, 5.41) is 18.0. The van der Waals surface area contributed by atoms with E-state index in [2.05, 4.69) is 10.2 Å². The third kappa shape index (κ3) is 3.62. The van der Waals surface area contributed by atoms with Crippen molar-refractivity contribution >= 4 is 27.4 Å². The van der Waals surface area contributed by atoms with E-state index in [1.54, 1.807) is 23.7 Å². The van der Waals surface area contributed by atoms with Gasteiger partial charge in [-0.25, -0.2) is 8.42 Å². The van der Waals surface area contributed by atoms with E-state index in [-0.39, 0.29) is 34.7 Å². The van der Waals surface area contributed by atoms with Crippen LogP contribution in [0, 0.1) is 0 Å². The van der Waals surface area contributed by atoms with Gasteiger partial charge in [-0.15, -0.1) is 10.2 Å². The molecule has 0 aliphatic carbocycles. The van der Waals surface area contributed by atoms with Crippen LogP contribution in [0.15, 0.2) is 29.4 Å². The number of nitrogens with zero attached hydrogens (tertiary/aromatic N) is 3. The second kappa shape index (κ2) is 6.56. The molecule has 1 aliphatic heterocycles. The zero-order valence-corrected chi connectivity index (χ0v) is 14.7. The number of phenols is 1. The summed E-state index contributed by atoms with van der Waals surface area (Å²) >= 11 is 1.26. The molecule has 9 heteroatoms. The number of phenolic OH excluding ortho intramolecular Hbond substituents is 1. The van der Waals surface area contributed by atoms with E-state index < -0.39 is 9.84 Å². The summed E-state index contributed by atoms with van der Waals surface area (Å²) in [6, 6.07) is 6.09. The first-order chi connectivity index (χ1) is 11.4. The molecule has 1 aromatic carbocycles. The first-order valence-electron chi connectivity index (χ1n) is 7.40. The summed E-state index contributed by atoms with van der Waals surface area (Å²) in [4.78, 5) is 12.1. The highest BCUT2D eigenvalue weighted by molar-refractivity contribution is 7.99. The van der Waals surface area contributed by atoms with Crippen LogP contribution in [0.25, 0.3) is 0 Å². The molecule has 3 rings (SSSR count). The van der Waals surface area contributed by atoms with Gasteiger partial charge < -0.3 is 9.67 Å². The van der Waals surface area contributed by atoms with Crippen molar-refractivity contribution in [3.05, 3.63) is 35.7 Å². The lowest BCUT2D eigenvalue weighted by Crippen LogP contribution is -2.09. The van der Waals surface area contributed by atoms with Gasteiger partial charge in [-0.2, -0.15) is 0 Å². The van der Waals surface area contributed by atoms with Gasteiger partial charge in [-0.3, -0.25) is 4.79 Å². The lowest BCUT2D eigenvalue weighted by molar-refractivity contribution is 0.102. The van der Waals surface area contributed by atoms with Crippen molar-refractivity contribution in [2.75, 3.05) is 17.3 Å². The number of Topliss-reactive ketones (excluding diaryl/α,β-unsaturated/α-hetero) is 1. The molecule has 0 radical (unpaired) electrons. The van der Waals surface area contributed by atoms with Crippen molar-refractivity contribution in [3.8, 4) is 5.75 Å². The predicted octanol–water partition coefficient (Wildman–Crippen LogP) is 1.40. The third-order valence-electron chi connectivity index (χ3n) is 3.99. The lowest BCUT2D eigenvalue weighted by Gasteiger charge is -2.07. The van der Waals surface area contributed by atoms with Crippen LogP contribution in [-0.4, -0.2) is 51.3 Å². The highest BCUT2D eigenvalue weighted by Gasteiger charge is 2.32. The van der Waals surface area contributed by atoms with Crippen molar-refractivity contribution < 1.29 is 18.3 Å². The SMILES string of the molecule is Cn1c(SCC(=O)c2ccc(O)cc2)nnc1[C@H]1CCS(=O)(=O)C1. The minimum absolute atomic E-state index is 0.0759. The largest absolute Gasteiger partial charge is 0.508 e. The van der Waals surface area contributed by atoms with Crippen LogP contribution in [0.3, 0.4) is 0 Å². The standard InChI is InChI=1S/C15H17N3O4S2/c1-18-14(11-6-7-24(21,22)9-11)16-17-15(18)23-8-13(20)10-2-4-12(19)5-3-10/h2-5,11,19H,6-9H2,1H3/t11-/m0/s1. The molecule has 2 aromatic rings. The molecule has 2 heterocycles. The van der Waals surface area contributed by atoms with Crippen molar-refractivity contribution in [2.24, 2.45) is 7.05 Å². The fraction of sp³-hybridized carbons (Fsp3) is 0.400. The molecule has 1 aromatic heterocycles. The fourth-order valence-corrected chi connectivity index (χ4v) is 5.22. The summed E-state index contributed by atoms with van der Waals surface area (Å²) in [7, 11) is -1.19. The van der Waals surface area contributed by atoms with Crippen molar-refractivity contribution in [1.29, 1.82) is 0 Å². The minimum atomic E-state index is -2.98. The van der Waals surface area contributed by atoms with Gasteiger partial charge in [-0.05, 0) is 30.7 Å². The molecule has 1 N–H and O–H groups in total. The number of sulfone groups is 1. The maximum absolute atomic E-state index is 12.1. The van der Waals surface area contributed by atoms with Gasteiger partial charge in [0.05, 0.1) is 17.3 Å². The first-order valence-corrected chi connectivity index (χ1v) is 10.2. The highest BCUT2D eigenvalue weighted by Crippen LogP contribution is 2.29. The minimum Gasteiger partial charge on any atom is -0.508 e. The van der Waals surface area contributed by atoms with E-state index in [9.17, 15) is 18.3 Å². The third-order valence-corrected chi connectivity index (χ3v) is 6.78. The van der Waals surface area contributed by atoms with Crippen LogP contribution < -0.4 is 0 Å². The number of ketones is 1. The molecule has 128 valence electrons. The number of aromatic nitrogens is 3. The maximum atomic E-state index is 12.1. The van der Waals surface area contributed by atoms with Crippen molar-refractivity contribution in [1.82, 2.24) is 14.8 Å². The Morgan fingerprint density at radius 1 is 1.33 bits per heavy atom. The van der Waals surface area contributed by atoms with E-state index in [1.807, 2.05) is 0 Å². The van der Waals surface area contributed by atoms with E-state index in [1.165, 1.54) is 23.9 Å². The smallest absolute Gasteiger partial charge is 0.191 e. The number of hydrogen-bond donors (Lipinski definition) is 1. The molecule has 1 atom stereocenters. The first kappa shape index (κ1) is 17.0. The van der Waals surface area contributed by atoms with Crippen LogP contribution in [0.5, 0.6) is 5.75 Å². The highest BCUT2D eigenvalue weighted by atomic mass is 32.2. The summed E-state index contributed by atoms with van der Waals surface area (Å²) < 4.78 is 25.0. The monoisotopic (exact) mass is 367 g/mol. The van der Waals surface area contributed by atoms with Crippen molar-refractivity contribution in [2.45, 2.75) is 17.5 Å². The van der Waals surface area contributed by atoms with Gasteiger partial charge in [0.1, 0.15) is 11.6 Å². The molecule has 0 amide bonds. The van der Waals surface area contributed by atoms with E-state index >= 15 is 0 Å². The molecule has 0 saturated carbocycles. The van der Waals surface area contributed by atoms with E-state index in [0.717, 1.165) is 0 Å². The van der Waals surface area contributed by atoms with E-state index in [4.69, 9.17) is 0 Å². The van der Waals surface area contributed by atoms with Gasteiger partial charge in [0.25, 0.3) is 0 Å². The van der Waals surface area contributed by atoms with Gasteiger partial charge in [-0.1, -0.05) is 11.8 Å². The molecule has 0 unspecified atom stereocenters. The van der Waals surface area contributed by atoms with Crippen LogP contribution in [0.4, 0.5) is 0 Å². The normalized spacial score (nSPS) is 19.5. The summed E-state index contributed by atoms with van der Waals surface area (Å²) in [6.07, 6.45) is 0.561. The summed E-state index contributed by atoms with van der Waals surface area (Å²) in [6.45, 7) is 0. The Bertz CT molecular complexity index is 859. The zero-order valence-electron chi connectivity index (χ0n) is 13.0. The quantitative estimate of drug-likeness (QED) is 0.629. The molecule has 0 spiro atoms. The number of thioether (sulfide) groups is 1. The Kier molecular flexibility index (Phi) is 4.64. The van der Waals surface area contributed by atoms with Gasteiger partial charge >= 0.3 is 0 Å². The molecule has 1 fully saturated rings. The maximum Gasteiger partial charge on any atom is 0.191 e. The number of benzene rings is 1. The van der Waals surface area contributed by atoms with Crippen molar-refractivity contribution in [3.63, 3.8) is 0 Å². The van der Waals surface area contributed by atoms with Gasteiger partial charge in [0.2, 0.25) is 0 Å². The molecule has 7 nitrogen and oxygen atoms in total. The average Bonchev–Trinajstić information content (AvgIpc) is 3.08. The second-order valence-electron chi connectivity index (χ2n) is 5.76. The Morgan fingerprint density at radius 3 is 2.67 bits per heavy atom. The van der Waals surface area contributed by atoms with Crippen LogP contribution in [0.1, 0.15) is 28.5 Å². The summed E-state index contributed by atoms with van der Waals surface area (Å²) in [5.74, 6) is 1.05. The Labute approximate surface area is 144 Å². The number of carbonyl (C=O) groups excluding carboxylic acids is 1. The predicted molar refractivity (Wildman–Crippen MR) is 90.2 cm³/mol. The fourth-order valence-electron chi connectivity index (χ4n) is 2.67. The molecule has 0 bridgehead atoms. The zero-order chi connectivity index (χ0) is 17.3. The van der Waals surface area contributed by atoms with Gasteiger partial charge in [0.15, 0.2) is 20.8 Å². The van der Waals surface area contributed by atoms with Crippen LogP contribution in [0.2, 0.25) is 0 Å². The number of hydrogen-bond acceptors (Lipinski definition) is 7. The van der Waals surface area contributed by atoms with Crippen LogP contribution >= 0.6 is 11.8 Å². The number of aromatic hydroxyl groups is 1. The molecule has 1 aliphatic rings. The summed E-state index contributed by atoms with van der Waals surface area (Å²) in [5.41, 5.74) is 0.518. The number of rotatable bonds is 5. The molecule has 1 saturated heterocycles. The Balaban J connectivity index is 1.66. The topological polar surface area (TPSA) is 102 Å². The molecular weight excluding hydrogens is 350 g/mol. The Morgan fingerprint density at radius 2 is 2.04 bits per heavy atom. The number of carbonyl (C=O) groups is 1.